The first-order valence-corrected chi connectivity index (χ1v) is 6.08. The third-order valence-electron chi connectivity index (χ3n) is 2.67. The molecule has 0 spiro atoms. The molecule has 4 heteroatoms. The van der Waals surface area contributed by atoms with Gasteiger partial charge in [-0.1, -0.05) is 13.0 Å². The summed E-state index contributed by atoms with van der Waals surface area (Å²) < 4.78 is 0. The molecule has 1 amide bonds. The number of aryl methyl sites for hydroxylation is 1. The summed E-state index contributed by atoms with van der Waals surface area (Å²) in [5, 5.41) is 6.09. The lowest BCUT2D eigenvalue weighted by Gasteiger charge is -2.12. The molecule has 17 heavy (non-hydrogen) atoms. The molecule has 0 fully saturated rings. The van der Waals surface area contributed by atoms with Crippen molar-refractivity contribution in [1.82, 2.24) is 10.3 Å². The third kappa shape index (κ3) is 4.85. The van der Waals surface area contributed by atoms with Gasteiger partial charge in [0.05, 0.1) is 0 Å². The van der Waals surface area contributed by atoms with Crippen LogP contribution in [0, 0.1) is 6.92 Å². The zero-order valence-electron chi connectivity index (χ0n) is 10.8. The fourth-order valence-electron chi connectivity index (χ4n) is 1.41. The summed E-state index contributed by atoms with van der Waals surface area (Å²) in [4.78, 5) is 15.7. The minimum Gasteiger partial charge on any atom is -0.369 e. The van der Waals surface area contributed by atoms with Crippen LogP contribution in [-0.2, 0) is 4.79 Å². The Bertz CT molecular complexity index is 365. The zero-order chi connectivity index (χ0) is 12.7. The number of nitrogens with zero attached hydrogens (tertiary/aromatic N) is 1. The maximum Gasteiger partial charge on any atom is 0.221 e. The summed E-state index contributed by atoms with van der Waals surface area (Å²) >= 11 is 0. The molecule has 1 aromatic rings. The quantitative estimate of drug-likeness (QED) is 0.794. The van der Waals surface area contributed by atoms with E-state index in [1.54, 1.807) is 6.20 Å². The number of rotatable bonds is 6. The van der Waals surface area contributed by atoms with Gasteiger partial charge in [-0.05, 0) is 31.9 Å². The topological polar surface area (TPSA) is 54.0 Å². The van der Waals surface area contributed by atoms with Crippen LogP contribution in [0.2, 0.25) is 0 Å². The number of hydrogen-bond donors (Lipinski definition) is 2. The number of carbonyl (C=O) groups is 1. The molecule has 0 aliphatic heterocycles. The molecule has 1 rings (SSSR count). The van der Waals surface area contributed by atoms with Gasteiger partial charge in [0.25, 0.3) is 0 Å². The summed E-state index contributed by atoms with van der Waals surface area (Å²) in [6, 6.07) is 4.14. The summed E-state index contributed by atoms with van der Waals surface area (Å²) in [5.74, 6) is 0.935. The van der Waals surface area contributed by atoms with Gasteiger partial charge >= 0.3 is 0 Å². The SMILES string of the molecule is CCC(C)NC(=O)CCNc1ncccc1C. The standard InChI is InChI=1S/C13H21N3O/c1-4-11(3)16-12(17)7-9-15-13-10(2)6-5-8-14-13/h5-6,8,11H,4,7,9H2,1-3H3,(H,14,15)(H,16,17). The molecule has 1 aromatic heterocycles. The van der Waals surface area contributed by atoms with Gasteiger partial charge in [-0.2, -0.15) is 0 Å². The smallest absolute Gasteiger partial charge is 0.221 e. The van der Waals surface area contributed by atoms with Crippen molar-refractivity contribution in [2.75, 3.05) is 11.9 Å². The second-order valence-corrected chi connectivity index (χ2v) is 4.22. The monoisotopic (exact) mass is 235 g/mol. The van der Waals surface area contributed by atoms with Gasteiger partial charge in [0.2, 0.25) is 5.91 Å². The number of carbonyl (C=O) groups excluding carboxylic acids is 1. The van der Waals surface area contributed by atoms with E-state index in [2.05, 4.69) is 22.5 Å². The van der Waals surface area contributed by atoms with Crippen molar-refractivity contribution in [1.29, 1.82) is 0 Å². The molecule has 1 heterocycles. The van der Waals surface area contributed by atoms with E-state index in [0.717, 1.165) is 17.8 Å². The Morgan fingerprint density at radius 3 is 2.94 bits per heavy atom. The average molecular weight is 235 g/mol. The van der Waals surface area contributed by atoms with E-state index in [-0.39, 0.29) is 11.9 Å². The first-order chi connectivity index (χ1) is 8.13. The fraction of sp³-hybridized carbons (Fsp3) is 0.538. The second kappa shape index (κ2) is 6.89. The Morgan fingerprint density at radius 2 is 2.29 bits per heavy atom. The van der Waals surface area contributed by atoms with E-state index >= 15 is 0 Å². The Kier molecular flexibility index (Phi) is 5.46. The van der Waals surface area contributed by atoms with Gasteiger partial charge in [0, 0.05) is 25.2 Å². The van der Waals surface area contributed by atoms with Crippen LogP contribution in [0.1, 0.15) is 32.3 Å². The van der Waals surface area contributed by atoms with Gasteiger partial charge in [-0.25, -0.2) is 4.98 Å². The van der Waals surface area contributed by atoms with Crippen molar-refractivity contribution in [3.63, 3.8) is 0 Å². The van der Waals surface area contributed by atoms with Crippen LogP contribution in [0.3, 0.4) is 0 Å². The van der Waals surface area contributed by atoms with Gasteiger partial charge in [-0.15, -0.1) is 0 Å². The molecule has 0 saturated heterocycles. The van der Waals surface area contributed by atoms with E-state index in [1.807, 2.05) is 26.0 Å². The highest BCUT2D eigenvalue weighted by Crippen LogP contribution is 2.08. The second-order valence-electron chi connectivity index (χ2n) is 4.22. The van der Waals surface area contributed by atoms with Crippen LogP contribution in [0.5, 0.6) is 0 Å². The molecular formula is C13H21N3O. The number of pyridine rings is 1. The van der Waals surface area contributed by atoms with Crippen molar-refractivity contribution in [2.45, 2.75) is 39.7 Å². The number of nitrogens with one attached hydrogen (secondary N) is 2. The van der Waals surface area contributed by atoms with E-state index in [0.29, 0.717) is 13.0 Å². The molecule has 94 valence electrons. The first-order valence-electron chi connectivity index (χ1n) is 6.08. The van der Waals surface area contributed by atoms with E-state index in [4.69, 9.17) is 0 Å². The third-order valence-corrected chi connectivity index (χ3v) is 2.67. The lowest BCUT2D eigenvalue weighted by Crippen LogP contribution is -2.33. The molecule has 1 atom stereocenters. The van der Waals surface area contributed by atoms with Crippen LogP contribution in [0.4, 0.5) is 5.82 Å². The lowest BCUT2D eigenvalue weighted by molar-refractivity contribution is -0.121. The Labute approximate surface area is 103 Å². The highest BCUT2D eigenvalue weighted by Gasteiger charge is 2.05. The maximum absolute atomic E-state index is 11.5. The summed E-state index contributed by atoms with van der Waals surface area (Å²) in [6.45, 7) is 6.67. The molecule has 0 radical (unpaired) electrons. The summed E-state index contributed by atoms with van der Waals surface area (Å²) in [6.07, 6.45) is 3.17. The summed E-state index contributed by atoms with van der Waals surface area (Å²) in [7, 11) is 0. The van der Waals surface area contributed by atoms with Gasteiger partial charge in [-0.3, -0.25) is 4.79 Å². The lowest BCUT2D eigenvalue weighted by atomic mass is 10.2. The zero-order valence-corrected chi connectivity index (χ0v) is 10.8. The van der Waals surface area contributed by atoms with Crippen molar-refractivity contribution >= 4 is 11.7 Å². The molecule has 1 unspecified atom stereocenters. The van der Waals surface area contributed by atoms with E-state index < -0.39 is 0 Å². The van der Waals surface area contributed by atoms with Crippen LogP contribution < -0.4 is 10.6 Å². The largest absolute Gasteiger partial charge is 0.369 e. The van der Waals surface area contributed by atoms with Crippen molar-refractivity contribution in [3.05, 3.63) is 23.9 Å². The Balaban J connectivity index is 2.29. The number of aromatic nitrogens is 1. The maximum atomic E-state index is 11.5. The van der Waals surface area contributed by atoms with Crippen LogP contribution >= 0.6 is 0 Å². The Morgan fingerprint density at radius 1 is 1.53 bits per heavy atom. The number of anilines is 1. The minimum absolute atomic E-state index is 0.0837. The van der Waals surface area contributed by atoms with Crippen molar-refractivity contribution < 1.29 is 4.79 Å². The predicted octanol–water partition coefficient (Wildman–Crippen LogP) is 2.11. The normalized spacial score (nSPS) is 11.9. The number of hydrogen-bond acceptors (Lipinski definition) is 3. The highest BCUT2D eigenvalue weighted by molar-refractivity contribution is 5.76. The Hall–Kier alpha value is -1.58. The molecule has 0 aliphatic rings. The highest BCUT2D eigenvalue weighted by atomic mass is 16.1. The van der Waals surface area contributed by atoms with Crippen LogP contribution in [0.15, 0.2) is 18.3 Å². The number of amides is 1. The molecule has 4 nitrogen and oxygen atoms in total. The molecule has 0 aromatic carbocycles. The van der Waals surface area contributed by atoms with Crippen molar-refractivity contribution in [2.24, 2.45) is 0 Å². The van der Waals surface area contributed by atoms with Crippen molar-refractivity contribution in [3.8, 4) is 0 Å². The van der Waals surface area contributed by atoms with E-state index in [9.17, 15) is 4.79 Å². The van der Waals surface area contributed by atoms with Gasteiger partial charge in [0.15, 0.2) is 0 Å². The molecule has 0 saturated carbocycles. The minimum atomic E-state index is 0.0837. The van der Waals surface area contributed by atoms with Crippen LogP contribution in [0.25, 0.3) is 0 Å². The molecule has 2 N–H and O–H groups in total. The molecule has 0 aliphatic carbocycles. The van der Waals surface area contributed by atoms with E-state index in [1.165, 1.54) is 0 Å². The van der Waals surface area contributed by atoms with Gasteiger partial charge < -0.3 is 10.6 Å². The fourth-order valence-corrected chi connectivity index (χ4v) is 1.41. The molecule has 0 bridgehead atoms. The predicted molar refractivity (Wildman–Crippen MR) is 70.0 cm³/mol. The first kappa shape index (κ1) is 13.5. The summed E-state index contributed by atoms with van der Waals surface area (Å²) in [5.41, 5.74) is 1.09. The average Bonchev–Trinajstić information content (AvgIpc) is 2.31. The molecular weight excluding hydrogens is 214 g/mol. The van der Waals surface area contributed by atoms with Crippen LogP contribution in [-0.4, -0.2) is 23.5 Å². The van der Waals surface area contributed by atoms with Gasteiger partial charge in [0.1, 0.15) is 5.82 Å².